The number of nitrogens with zero attached hydrogens (tertiary/aromatic N) is 2. The molecule has 0 spiro atoms. The Morgan fingerprint density at radius 2 is 1.66 bits per heavy atom. The van der Waals surface area contributed by atoms with Crippen molar-refractivity contribution in [2.75, 3.05) is 34.2 Å². The highest BCUT2D eigenvalue weighted by Crippen LogP contribution is 2.08. The van der Waals surface area contributed by atoms with Crippen molar-refractivity contribution in [3.8, 4) is 0 Å². The van der Waals surface area contributed by atoms with Gasteiger partial charge in [-0.15, -0.1) is 0 Å². The first-order valence-electron chi connectivity index (χ1n) is 11.1. The Bertz CT molecular complexity index is 907. The molecule has 0 unspecified atom stereocenters. The lowest BCUT2D eigenvalue weighted by Gasteiger charge is -2.13. The first-order chi connectivity index (χ1) is 15.4. The predicted molar refractivity (Wildman–Crippen MR) is 130 cm³/mol. The van der Waals surface area contributed by atoms with Crippen molar-refractivity contribution in [1.82, 2.24) is 20.9 Å². The van der Waals surface area contributed by atoms with Crippen LogP contribution in [-0.2, 0) is 13.0 Å². The molecule has 0 aromatic heterocycles. The second-order valence-corrected chi connectivity index (χ2v) is 7.81. The average molecular weight is 438 g/mol. The van der Waals surface area contributed by atoms with Crippen molar-refractivity contribution in [2.24, 2.45) is 4.99 Å². The summed E-state index contributed by atoms with van der Waals surface area (Å²) in [5.41, 5.74) is 3.52. The Morgan fingerprint density at radius 3 is 2.31 bits per heavy atom. The first-order valence-corrected chi connectivity index (χ1v) is 11.1. The molecule has 172 valence electrons. The summed E-state index contributed by atoms with van der Waals surface area (Å²) in [7, 11) is 5.24. The molecule has 0 heterocycles. The average Bonchev–Trinajstić information content (AvgIpc) is 2.81. The summed E-state index contributed by atoms with van der Waals surface area (Å²) in [4.78, 5) is 30.1. The molecule has 0 atom stereocenters. The Hall–Kier alpha value is -3.35. The lowest BCUT2D eigenvalue weighted by molar-refractivity contribution is 0.0827. The lowest BCUT2D eigenvalue weighted by Crippen LogP contribution is -2.37. The van der Waals surface area contributed by atoms with E-state index >= 15 is 0 Å². The number of guanidine groups is 1. The van der Waals surface area contributed by atoms with Crippen molar-refractivity contribution in [2.45, 2.75) is 32.7 Å². The van der Waals surface area contributed by atoms with Gasteiger partial charge in [0.2, 0.25) is 0 Å². The maximum atomic E-state index is 12.1. The molecule has 0 fully saturated rings. The maximum Gasteiger partial charge on any atom is 0.253 e. The minimum Gasteiger partial charge on any atom is -0.356 e. The number of hydrogen-bond donors (Lipinski definition) is 3. The third kappa shape index (κ3) is 8.06. The van der Waals surface area contributed by atoms with Gasteiger partial charge in [-0.2, -0.15) is 0 Å². The van der Waals surface area contributed by atoms with Crippen molar-refractivity contribution in [1.29, 1.82) is 0 Å². The zero-order valence-corrected chi connectivity index (χ0v) is 19.6. The van der Waals surface area contributed by atoms with Crippen LogP contribution in [-0.4, -0.2) is 56.9 Å². The van der Waals surface area contributed by atoms with Crippen molar-refractivity contribution in [3.05, 3.63) is 70.8 Å². The molecule has 3 N–H and O–H groups in total. The third-order valence-corrected chi connectivity index (χ3v) is 5.00. The summed E-state index contributed by atoms with van der Waals surface area (Å²) in [5.74, 6) is 0.667. The van der Waals surface area contributed by atoms with Crippen molar-refractivity contribution < 1.29 is 9.59 Å². The number of rotatable bonds is 10. The van der Waals surface area contributed by atoms with Gasteiger partial charge >= 0.3 is 0 Å². The molecule has 32 heavy (non-hydrogen) atoms. The van der Waals surface area contributed by atoms with E-state index in [4.69, 9.17) is 0 Å². The minimum absolute atomic E-state index is 0.00162. The summed E-state index contributed by atoms with van der Waals surface area (Å²) in [6.45, 7) is 4.10. The Kier molecular flexibility index (Phi) is 10.2. The molecule has 2 aromatic carbocycles. The molecule has 7 nitrogen and oxygen atoms in total. The molecule has 0 saturated carbocycles. The number of benzene rings is 2. The van der Waals surface area contributed by atoms with Gasteiger partial charge in [-0.3, -0.25) is 14.6 Å². The number of unbranched alkanes of at least 4 members (excludes halogenated alkanes) is 1. The molecule has 0 aliphatic rings. The summed E-state index contributed by atoms with van der Waals surface area (Å²) >= 11 is 0. The SMILES string of the molecule is CCCCNC(=O)c1ccc(CNC(=NC)NCCc2cccc(C(=O)N(C)C)c2)cc1. The molecule has 7 heteroatoms. The van der Waals surface area contributed by atoms with Crippen LogP contribution in [0.4, 0.5) is 0 Å². The maximum absolute atomic E-state index is 12.1. The van der Waals surface area contributed by atoms with Crippen LogP contribution in [0.3, 0.4) is 0 Å². The van der Waals surface area contributed by atoms with Crippen LogP contribution in [0.25, 0.3) is 0 Å². The van der Waals surface area contributed by atoms with Crippen LogP contribution in [0, 0.1) is 0 Å². The van der Waals surface area contributed by atoms with Gasteiger partial charge in [0.25, 0.3) is 11.8 Å². The minimum atomic E-state index is -0.0354. The second-order valence-electron chi connectivity index (χ2n) is 7.81. The van der Waals surface area contributed by atoms with Crippen molar-refractivity contribution in [3.63, 3.8) is 0 Å². The van der Waals surface area contributed by atoms with E-state index in [0.717, 1.165) is 30.4 Å². The molecule has 2 amide bonds. The van der Waals surface area contributed by atoms with Gasteiger partial charge in [-0.25, -0.2) is 0 Å². The number of amides is 2. The fraction of sp³-hybridized carbons (Fsp3) is 0.400. The van der Waals surface area contributed by atoms with Crippen LogP contribution < -0.4 is 16.0 Å². The monoisotopic (exact) mass is 437 g/mol. The summed E-state index contributed by atoms with van der Waals surface area (Å²) in [5, 5.41) is 9.51. The molecule has 2 aromatic rings. The number of aliphatic imine (C=N–C) groups is 1. The largest absolute Gasteiger partial charge is 0.356 e. The molecule has 0 radical (unpaired) electrons. The van der Waals surface area contributed by atoms with Gasteiger partial charge < -0.3 is 20.9 Å². The van der Waals surface area contributed by atoms with Crippen LogP contribution in [0.2, 0.25) is 0 Å². The number of carbonyl (C=O) groups excluding carboxylic acids is 2. The predicted octanol–water partition coefficient (Wildman–Crippen LogP) is 2.83. The molecular weight excluding hydrogens is 402 g/mol. The van der Waals surface area contributed by atoms with E-state index < -0.39 is 0 Å². The van der Waals surface area contributed by atoms with Crippen LogP contribution in [0.5, 0.6) is 0 Å². The van der Waals surface area contributed by atoms with E-state index in [2.05, 4.69) is 27.9 Å². The van der Waals surface area contributed by atoms with Crippen molar-refractivity contribution >= 4 is 17.8 Å². The smallest absolute Gasteiger partial charge is 0.253 e. The Balaban J connectivity index is 1.79. The topological polar surface area (TPSA) is 85.8 Å². The van der Waals surface area contributed by atoms with E-state index in [-0.39, 0.29) is 11.8 Å². The number of hydrogen-bond acceptors (Lipinski definition) is 3. The highest BCUT2D eigenvalue weighted by atomic mass is 16.2. The van der Waals surface area contributed by atoms with Gasteiger partial charge in [-0.1, -0.05) is 37.6 Å². The van der Waals surface area contributed by atoms with Gasteiger partial charge in [0.15, 0.2) is 5.96 Å². The molecular formula is C25H35N5O2. The lowest BCUT2D eigenvalue weighted by atomic mass is 10.1. The zero-order chi connectivity index (χ0) is 23.3. The Morgan fingerprint density at radius 1 is 0.906 bits per heavy atom. The van der Waals surface area contributed by atoms with E-state index in [1.165, 1.54) is 0 Å². The molecule has 0 aliphatic heterocycles. The van der Waals surface area contributed by atoms with Crippen LogP contribution >= 0.6 is 0 Å². The molecule has 2 rings (SSSR count). The van der Waals surface area contributed by atoms with Gasteiger partial charge in [-0.05, 0) is 48.2 Å². The fourth-order valence-electron chi connectivity index (χ4n) is 3.10. The molecule has 0 bridgehead atoms. The summed E-state index contributed by atoms with van der Waals surface area (Å²) in [6, 6.07) is 15.3. The van der Waals surface area contributed by atoms with Gasteiger partial charge in [0.1, 0.15) is 0 Å². The highest BCUT2D eigenvalue weighted by molar-refractivity contribution is 5.94. The normalized spacial score (nSPS) is 11.1. The number of carbonyl (C=O) groups is 2. The van der Waals surface area contributed by atoms with Crippen LogP contribution in [0.15, 0.2) is 53.5 Å². The van der Waals surface area contributed by atoms with Gasteiger partial charge in [0, 0.05) is 51.9 Å². The van der Waals surface area contributed by atoms with Crippen LogP contribution in [0.1, 0.15) is 51.6 Å². The zero-order valence-electron chi connectivity index (χ0n) is 19.6. The summed E-state index contributed by atoms with van der Waals surface area (Å²) < 4.78 is 0. The fourth-order valence-corrected chi connectivity index (χ4v) is 3.10. The third-order valence-electron chi connectivity index (χ3n) is 5.00. The quantitative estimate of drug-likeness (QED) is 0.303. The molecule has 0 saturated heterocycles. The van der Waals surface area contributed by atoms with E-state index in [0.29, 0.717) is 36.7 Å². The first kappa shape index (κ1) is 24.9. The van der Waals surface area contributed by atoms with E-state index in [9.17, 15) is 9.59 Å². The molecule has 0 aliphatic carbocycles. The highest BCUT2D eigenvalue weighted by Gasteiger charge is 2.08. The Labute approximate surface area is 191 Å². The standard InChI is InChI=1S/C25H35N5O2/c1-5-6-15-27-23(31)21-12-10-20(11-13-21)18-29-25(26-2)28-16-14-19-8-7-9-22(17-19)24(32)30(3)4/h7-13,17H,5-6,14-16,18H2,1-4H3,(H,27,31)(H2,26,28,29). The second kappa shape index (κ2) is 13.1. The summed E-state index contributed by atoms with van der Waals surface area (Å²) in [6.07, 6.45) is 2.82. The number of nitrogens with one attached hydrogen (secondary N) is 3. The van der Waals surface area contributed by atoms with Gasteiger partial charge in [0.05, 0.1) is 0 Å². The van der Waals surface area contributed by atoms with E-state index in [1.54, 1.807) is 26.0 Å². The van der Waals surface area contributed by atoms with E-state index in [1.807, 2.05) is 48.5 Å².